The molecule has 2 N–H and O–H groups in total. The summed E-state index contributed by atoms with van der Waals surface area (Å²) in [6.07, 6.45) is 5.51. The normalized spacial score (nSPS) is 27.9. The molecule has 2 fully saturated rings. The molecule has 4 rings (SSSR count). The third-order valence-electron chi connectivity index (χ3n) is 5.76. The minimum absolute atomic E-state index is 0.0867. The number of urea groups is 1. The smallest absolute Gasteiger partial charge is 0.318 e. The van der Waals surface area contributed by atoms with E-state index < -0.39 is 0 Å². The van der Waals surface area contributed by atoms with E-state index in [9.17, 15) is 14.0 Å². The molecule has 2 aliphatic heterocycles. The van der Waals surface area contributed by atoms with Crippen molar-refractivity contribution in [2.24, 2.45) is 5.92 Å². The van der Waals surface area contributed by atoms with Gasteiger partial charge in [0.05, 0.1) is 5.54 Å². The van der Waals surface area contributed by atoms with Crippen LogP contribution < -0.4 is 10.6 Å². The van der Waals surface area contributed by atoms with E-state index >= 15 is 0 Å². The first kappa shape index (κ1) is 16.1. The predicted molar refractivity (Wildman–Crippen MR) is 92.2 cm³/mol. The van der Waals surface area contributed by atoms with E-state index in [2.05, 4.69) is 10.6 Å². The minimum atomic E-state index is -0.270. The monoisotopic (exact) mass is 343 g/mol. The molecule has 1 saturated carbocycles. The summed E-state index contributed by atoms with van der Waals surface area (Å²) in [6, 6.07) is 6.46. The third kappa shape index (κ3) is 2.90. The Hall–Kier alpha value is -2.37. The molecular weight excluding hydrogens is 321 g/mol. The van der Waals surface area contributed by atoms with Crippen molar-refractivity contribution in [2.75, 3.05) is 19.6 Å². The average molecular weight is 343 g/mol. The summed E-state index contributed by atoms with van der Waals surface area (Å²) in [5.74, 6) is 0.145. The fourth-order valence-corrected chi connectivity index (χ4v) is 4.41. The van der Waals surface area contributed by atoms with Crippen LogP contribution in [0, 0.1) is 11.7 Å². The molecule has 5 nitrogen and oxygen atoms in total. The van der Waals surface area contributed by atoms with Crippen LogP contribution in [0.3, 0.4) is 0 Å². The lowest BCUT2D eigenvalue weighted by atomic mass is 9.89. The van der Waals surface area contributed by atoms with Gasteiger partial charge >= 0.3 is 6.03 Å². The van der Waals surface area contributed by atoms with Crippen molar-refractivity contribution >= 4 is 17.5 Å². The maximum absolute atomic E-state index is 13.9. The maximum Gasteiger partial charge on any atom is 0.318 e. The van der Waals surface area contributed by atoms with Crippen molar-refractivity contribution in [3.05, 3.63) is 41.7 Å². The van der Waals surface area contributed by atoms with Crippen molar-refractivity contribution in [1.29, 1.82) is 0 Å². The van der Waals surface area contributed by atoms with Crippen molar-refractivity contribution in [3.63, 3.8) is 0 Å². The number of hydrogen-bond acceptors (Lipinski definition) is 2. The highest BCUT2D eigenvalue weighted by atomic mass is 19.1. The van der Waals surface area contributed by atoms with Crippen LogP contribution >= 0.6 is 0 Å². The lowest BCUT2D eigenvalue weighted by Crippen LogP contribution is -2.54. The Morgan fingerprint density at radius 3 is 3.08 bits per heavy atom. The summed E-state index contributed by atoms with van der Waals surface area (Å²) in [7, 11) is 0. The van der Waals surface area contributed by atoms with Crippen molar-refractivity contribution in [3.8, 4) is 0 Å². The van der Waals surface area contributed by atoms with Crippen LogP contribution in [0.1, 0.15) is 31.2 Å². The Morgan fingerprint density at radius 2 is 2.24 bits per heavy atom. The Bertz CT molecular complexity index is 748. The molecule has 2 unspecified atom stereocenters. The zero-order valence-electron chi connectivity index (χ0n) is 14.1. The number of nitrogens with one attached hydrogen (secondary N) is 2. The van der Waals surface area contributed by atoms with Gasteiger partial charge in [0, 0.05) is 31.6 Å². The van der Waals surface area contributed by atoms with Crippen molar-refractivity contribution in [2.45, 2.75) is 31.2 Å². The van der Waals surface area contributed by atoms with E-state index in [0.29, 0.717) is 37.5 Å². The van der Waals surface area contributed by atoms with E-state index in [1.54, 1.807) is 23.1 Å². The summed E-state index contributed by atoms with van der Waals surface area (Å²) >= 11 is 0. The number of benzene rings is 1. The molecule has 1 aromatic carbocycles. The van der Waals surface area contributed by atoms with Gasteiger partial charge in [-0.1, -0.05) is 30.7 Å². The first-order valence-electron chi connectivity index (χ1n) is 8.85. The molecule has 0 spiro atoms. The van der Waals surface area contributed by atoms with Crippen LogP contribution in [0.25, 0.3) is 5.57 Å². The lowest BCUT2D eigenvalue weighted by Gasteiger charge is -2.30. The van der Waals surface area contributed by atoms with Gasteiger partial charge in [0.1, 0.15) is 5.82 Å². The maximum atomic E-state index is 13.9. The fourth-order valence-electron chi connectivity index (χ4n) is 4.41. The quantitative estimate of drug-likeness (QED) is 0.885. The minimum Gasteiger partial charge on any atom is -0.349 e. The number of rotatable bonds is 3. The first-order valence-corrected chi connectivity index (χ1v) is 8.85. The number of carbonyl (C=O) groups is 2. The summed E-state index contributed by atoms with van der Waals surface area (Å²) < 4.78 is 13.9. The van der Waals surface area contributed by atoms with Gasteiger partial charge in [0.2, 0.25) is 5.91 Å². The van der Waals surface area contributed by atoms with Gasteiger partial charge in [0.15, 0.2) is 0 Å². The topological polar surface area (TPSA) is 61.4 Å². The molecule has 2 atom stereocenters. The highest BCUT2D eigenvalue weighted by Gasteiger charge is 2.49. The molecule has 6 heteroatoms. The van der Waals surface area contributed by atoms with Crippen LogP contribution in [-0.4, -0.2) is 42.0 Å². The molecule has 25 heavy (non-hydrogen) atoms. The molecule has 1 aliphatic carbocycles. The molecule has 0 aromatic heterocycles. The van der Waals surface area contributed by atoms with Gasteiger partial charge in [-0.25, -0.2) is 9.18 Å². The van der Waals surface area contributed by atoms with Crippen molar-refractivity contribution in [1.82, 2.24) is 15.5 Å². The van der Waals surface area contributed by atoms with Crippen LogP contribution in [0.2, 0.25) is 0 Å². The van der Waals surface area contributed by atoms with Crippen molar-refractivity contribution < 1.29 is 14.0 Å². The standard InChI is InChI=1S/C19H22FN3O2/c20-16-6-2-1-5-15(16)13-7-9-23(11-13)18(25)21-12-19-8-3-4-14(19)10-17(24)22-19/h1-2,5-7,14H,3-4,8-12H2,(H,21,25)(H,22,24). The summed E-state index contributed by atoms with van der Waals surface area (Å²) in [5, 5.41) is 6.06. The first-order chi connectivity index (χ1) is 12.1. The molecule has 1 saturated heterocycles. The van der Waals surface area contributed by atoms with Gasteiger partial charge in [-0.15, -0.1) is 0 Å². The number of amides is 3. The number of fused-ring (bicyclic) bond motifs is 1. The molecule has 3 amide bonds. The molecule has 0 bridgehead atoms. The SMILES string of the molecule is O=C1CC2CCCC2(CNC(=O)N2CC=C(c3ccccc3F)C2)N1. The number of halogens is 1. The van der Waals surface area contributed by atoms with Gasteiger partial charge in [-0.3, -0.25) is 4.79 Å². The van der Waals surface area contributed by atoms with Gasteiger partial charge in [-0.2, -0.15) is 0 Å². The second-order valence-electron chi connectivity index (χ2n) is 7.25. The zero-order chi connectivity index (χ0) is 17.4. The number of nitrogens with zero attached hydrogens (tertiary/aromatic N) is 1. The Morgan fingerprint density at radius 1 is 1.40 bits per heavy atom. The van der Waals surface area contributed by atoms with Crippen LogP contribution in [0.15, 0.2) is 30.3 Å². The van der Waals surface area contributed by atoms with Gasteiger partial charge < -0.3 is 15.5 Å². The third-order valence-corrected chi connectivity index (χ3v) is 5.76. The Balaban J connectivity index is 1.36. The second-order valence-corrected chi connectivity index (χ2v) is 7.25. The van der Waals surface area contributed by atoms with E-state index in [0.717, 1.165) is 24.8 Å². The Kier molecular flexibility index (Phi) is 3.98. The van der Waals surface area contributed by atoms with Gasteiger partial charge in [0.25, 0.3) is 0 Å². The molecule has 0 radical (unpaired) electrons. The van der Waals surface area contributed by atoms with E-state index in [4.69, 9.17) is 0 Å². The van der Waals surface area contributed by atoms with Crippen LogP contribution in [0.4, 0.5) is 9.18 Å². The largest absolute Gasteiger partial charge is 0.349 e. The van der Waals surface area contributed by atoms with E-state index in [1.807, 2.05) is 6.08 Å². The molecule has 132 valence electrons. The van der Waals surface area contributed by atoms with Crippen LogP contribution in [0.5, 0.6) is 0 Å². The predicted octanol–water partition coefficient (Wildman–Crippen LogP) is 2.29. The zero-order valence-corrected chi connectivity index (χ0v) is 14.1. The molecule has 3 aliphatic rings. The fraction of sp³-hybridized carbons (Fsp3) is 0.474. The molecule has 2 heterocycles. The molecule has 1 aromatic rings. The summed E-state index contributed by atoms with van der Waals surface area (Å²) in [4.78, 5) is 25.9. The summed E-state index contributed by atoms with van der Waals surface area (Å²) in [6.45, 7) is 1.33. The average Bonchev–Trinajstić information content (AvgIpc) is 3.27. The second kappa shape index (κ2) is 6.17. The molecular formula is C19H22FN3O2. The van der Waals surface area contributed by atoms with E-state index in [1.165, 1.54) is 6.07 Å². The highest BCUT2D eigenvalue weighted by Crippen LogP contribution is 2.41. The lowest BCUT2D eigenvalue weighted by molar-refractivity contribution is -0.120. The van der Waals surface area contributed by atoms with Crippen LogP contribution in [-0.2, 0) is 4.79 Å². The van der Waals surface area contributed by atoms with Gasteiger partial charge in [-0.05, 0) is 30.4 Å². The highest BCUT2D eigenvalue weighted by molar-refractivity contribution is 5.82. The number of carbonyl (C=O) groups excluding carboxylic acids is 2. The number of hydrogen-bond donors (Lipinski definition) is 2. The Labute approximate surface area is 146 Å². The summed E-state index contributed by atoms with van der Waals surface area (Å²) in [5.41, 5.74) is 1.11. The van der Waals surface area contributed by atoms with E-state index in [-0.39, 0.29) is 23.3 Å².